The Hall–Kier alpha value is -1.00. The van der Waals surface area contributed by atoms with Gasteiger partial charge in [-0.2, -0.15) is 0 Å². The fourth-order valence-electron chi connectivity index (χ4n) is 2.96. The van der Waals surface area contributed by atoms with Gasteiger partial charge in [-0.1, -0.05) is 26.8 Å². The normalized spacial score (nSPS) is 13.4. The summed E-state index contributed by atoms with van der Waals surface area (Å²) in [5, 5.41) is 3.35. The van der Waals surface area contributed by atoms with Crippen LogP contribution in [0.15, 0.2) is 18.2 Å². The molecule has 1 aromatic carbocycles. The molecular formula is C17H27F2NO. The van der Waals surface area contributed by atoms with Crippen LogP contribution in [-0.2, 0) is 11.2 Å². The van der Waals surface area contributed by atoms with E-state index in [0.29, 0.717) is 6.61 Å². The Morgan fingerprint density at radius 3 is 2.10 bits per heavy atom. The highest BCUT2D eigenvalue weighted by Gasteiger charge is 2.36. The summed E-state index contributed by atoms with van der Waals surface area (Å²) in [5.74, 6) is -0.981. The molecule has 0 aliphatic heterocycles. The minimum absolute atomic E-state index is 0.121. The summed E-state index contributed by atoms with van der Waals surface area (Å²) in [4.78, 5) is 0. The molecule has 0 radical (unpaired) electrons. The van der Waals surface area contributed by atoms with E-state index in [1.54, 1.807) is 0 Å². The molecule has 1 unspecified atom stereocenters. The van der Waals surface area contributed by atoms with E-state index in [0.717, 1.165) is 19.4 Å². The summed E-state index contributed by atoms with van der Waals surface area (Å²) >= 11 is 0. The zero-order valence-electron chi connectivity index (χ0n) is 13.5. The van der Waals surface area contributed by atoms with Gasteiger partial charge >= 0.3 is 0 Å². The highest BCUT2D eigenvalue weighted by molar-refractivity contribution is 5.21. The van der Waals surface area contributed by atoms with Crippen LogP contribution in [0.1, 0.15) is 46.1 Å². The lowest BCUT2D eigenvalue weighted by atomic mass is 9.84. The zero-order valence-corrected chi connectivity index (χ0v) is 13.5. The van der Waals surface area contributed by atoms with Crippen LogP contribution in [0.4, 0.5) is 8.78 Å². The van der Waals surface area contributed by atoms with Crippen LogP contribution in [0.5, 0.6) is 0 Å². The van der Waals surface area contributed by atoms with Gasteiger partial charge in [-0.05, 0) is 44.9 Å². The molecule has 1 N–H and O–H groups in total. The highest BCUT2D eigenvalue weighted by atomic mass is 19.1. The first kappa shape index (κ1) is 18.1. The van der Waals surface area contributed by atoms with Gasteiger partial charge in [-0.25, -0.2) is 8.78 Å². The van der Waals surface area contributed by atoms with E-state index in [2.05, 4.69) is 19.2 Å². The van der Waals surface area contributed by atoms with Crippen LogP contribution >= 0.6 is 0 Å². The van der Waals surface area contributed by atoms with E-state index in [1.165, 1.54) is 18.2 Å². The maximum Gasteiger partial charge on any atom is 0.129 e. The van der Waals surface area contributed by atoms with Crippen LogP contribution in [0.25, 0.3) is 0 Å². The molecule has 1 atom stereocenters. The fraction of sp³-hybridized carbons (Fsp3) is 0.647. The van der Waals surface area contributed by atoms with Gasteiger partial charge in [-0.15, -0.1) is 0 Å². The molecule has 2 nitrogen and oxygen atoms in total. The summed E-state index contributed by atoms with van der Waals surface area (Å²) in [6, 6.07) is 3.89. The molecule has 0 saturated heterocycles. The predicted octanol–water partition coefficient (Wildman–Crippen LogP) is 4.08. The third-order valence-electron chi connectivity index (χ3n) is 4.18. The molecular weight excluding hydrogens is 272 g/mol. The standard InChI is InChI=1S/C17H27F2NO/c1-5-17(6-2,21-8-4)16(20-7-3)12-13-14(18)10-9-11-15(13)19/h9-11,16,20H,5-8,12H2,1-4H3. The Morgan fingerprint density at radius 2 is 1.67 bits per heavy atom. The van der Waals surface area contributed by atoms with E-state index in [9.17, 15) is 8.78 Å². The first-order chi connectivity index (χ1) is 10.0. The Labute approximate surface area is 126 Å². The first-order valence-electron chi connectivity index (χ1n) is 7.84. The van der Waals surface area contributed by atoms with Crippen molar-refractivity contribution in [1.82, 2.24) is 5.32 Å². The third-order valence-corrected chi connectivity index (χ3v) is 4.18. The van der Waals surface area contributed by atoms with Crippen molar-refractivity contribution in [2.45, 2.75) is 58.6 Å². The second-order valence-electron chi connectivity index (χ2n) is 5.22. The quantitative estimate of drug-likeness (QED) is 0.742. The van der Waals surface area contributed by atoms with Crippen molar-refractivity contribution < 1.29 is 13.5 Å². The molecule has 1 aromatic rings. The molecule has 0 fully saturated rings. The lowest BCUT2D eigenvalue weighted by molar-refractivity contribution is -0.0718. The molecule has 0 spiro atoms. The Morgan fingerprint density at radius 1 is 1.10 bits per heavy atom. The van der Waals surface area contributed by atoms with Crippen molar-refractivity contribution in [3.63, 3.8) is 0 Å². The van der Waals surface area contributed by atoms with Crippen molar-refractivity contribution in [3.8, 4) is 0 Å². The van der Waals surface area contributed by atoms with Crippen LogP contribution in [0, 0.1) is 11.6 Å². The molecule has 21 heavy (non-hydrogen) atoms. The summed E-state index contributed by atoms with van der Waals surface area (Å²) in [6.45, 7) is 9.38. The van der Waals surface area contributed by atoms with E-state index in [1.807, 2.05) is 13.8 Å². The average Bonchev–Trinajstić information content (AvgIpc) is 2.48. The number of ether oxygens (including phenoxy) is 1. The zero-order chi connectivity index (χ0) is 15.9. The molecule has 120 valence electrons. The number of hydrogen-bond acceptors (Lipinski definition) is 2. The molecule has 0 aromatic heterocycles. The van der Waals surface area contributed by atoms with Gasteiger partial charge in [0.25, 0.3) is 0 Å². The van der Waals surface area contributed by atoms with Crippen LogP contribution in [0.2, 0.25) is 0 Å². The van der Waals surface area contributed by atoms with E-state index < -0.39 is 17.2 Å². The predicted molar refractivity (Wildman–Crippen MR) is 82.5 cm³/mol. The van der Waals surface area contributed by atoms with Crippen molar-refractivity contribution in [1.29, 1.82) is 0 Å². The molecule has 0 heterocycles. The van der Waals surface area contributed by atoms with Crippen molar-refractivity contribution in [2.75, 3.05) is 13.2 Å². The van der Waals surface area contributed by atoms with Crippen molar-refractivity contribution in [3.05, 3.63) is 35.4 Å². The number of rotatable bonds is 9. The lowest BCUT2D eigenvalue weighted by Crippen LogP contribution is -2.53. The molecule has 0 aliphatic rings. The van der Waals surface area contributed by atoms with Crippen LogP contribution < -0.4 is 5.32 Å². The lowest BCUT2D eigenvalue weighted by Gasteiger charge is -2.40. The van der Waals surface area contributed by atoms with Gasteiger partial charge in [0.05, 0.1) is 5.60 Å². The van der Waals surface area contributed by atoms with Gasteiger partial charge in [-0.3, -0.25) is 0 Å². The first-order valence-corrected chi connectivity index (χ1v) is 7.84. The minimum Gasteiger partial charge on any atom is -0.374 e. The summed E-state index contributed by atoms with van der Waals surface area (Å²) < 4.78 is 33.8. The second kappa shape index (κ2) is 8.44. The Kier molecular flexibility index (Phi) is 7.26. The van der Waals surface area contributed by atoms with Gasteiger partial charge in [0.1, 0.15) is 11.6 Å². The van der Waals surface area contributed by atoms with Crippen LogP contribution in [0.3, 0.4) is 0 Å². The minimum atomic E-state index is -0.490. The summed E-state index contributed by atoms with van der Waals surface area (Å²) in [5.41, 5.74) is -0.270. The Bertz CT molecular complexity index is 413. The molecule has 0 aliphatic carbocycles. The third kappa shape index (κ3) is 4.24. The summed E-state index contributed by atoms with van der Waals surface area (Å²) in [7, 11) is 0. The fourth-order valence-corrected chi connectivity index (χ4v) is 2.96. The van der Waals surface area contributed by atoms with Crippen LogP contribution in [-0.4, -0.2) is 24.8 Å². The topological polar surface area (TPSA) is 21.3 Å². The van der Waals surface area contributed by atoms with E-state index in [4.69, 9.17) is 4.74 Å². The van der Waals surface area contributed by atoms with E-state index >= 15 is 0 Å². The second-order valence-corrected chi connectivity index (χ2v) is 5.22. The SMILES string of the molecule is CCNC(Cc1c(F)cccc1F)C(CC)(CC)OCC. The smallest absolute Gasteiger partial charge is 0.129 e. The van der Waals surface area contributed by atoms with Crippen molar-refractivity contribution >= 4 is 0 Å². The maximum absolute atomic E-state index is 13.9. The molecule has 0 saturated carbocycles. The van der Waals surface area contributed by atoms with E-state index in [-0.39, 0.29) is 18.0 Å². The summed E-state index contributed by atoms with van der Waals surface area (Å²) in [6.07, 6.45) is 1.88. The maximum atomic E-state index is 13.9. The number of halogens is 2. The number of nitrogens with one attached hydrogen (secondary N) is 1. The van der Waals surface area contributed by atoms with Gasteiger partial charge < -0.3 is 10.1 Å². The average molecular weight is 299 g/mol. The molecule has 4 heteroatoms. The highest BCUT2D eigenvalue weighted by Crippen LogP contribution is 2.28. The van der Waals surface area contributed by atoms with Crippen molar-refractivity contribution in [2.24, 2.45) is 0 Å². The van der Waals surface area contributed by atoms with Gasteiger partial charge in [0.15, 0.2) is 0 Å². The number of likely N-dealkylation sites (N-methyl/N-ethyl adjacent to an activating group) is 1. The molecule has 1 rings (SSSR count). The number of benzene rings is 1. The largest absolute Gasteiger partial charge is 0.374 e. The monoisotopic (exact) mass is 299 g/mol. The molecule has 0 amide bonds. The number of hydrogen-bond donors (Lipinski definition) is 1. The van der Waals surface area contributed by atoms with Gasteiger partial charge in [0, 0.05) is 18.2 Å². The Balaban J connectivity index is 3.10. The molecule has 0 bridgehead atoms. The van der Waals surface area contributed by atoms with Gasteiger partial charge in [0.2, 0.25) is 0 Å².